The average Bonchev–Trinajstić information content (AvgIpc) is 2.26. The summed E-state index contributed by atoms with van der Waals surface area (Å²) in [5, 5.41) is 9.42. The minimum absolute atomic E-state index is 0.147. The number of aliphatic hydroxyl groups excluding tert-OH is 1. The van der Waals surface area contributed by atoms with Crippen LogP contribution in [0.15, 0.2) is 22.8 Å². The molecule has 0 spiro atoms. The van der Waals surface area contributed by atoms with Gasteiger partial charge in [0.15, 0.2) is 0 Å². The Morgan fingerprint density at radius 2 is 2.31 bits per heavy atom. The van der Waals surface area contributed by atoms with Gasteiger partial charge in [-0.25, -0.2) is 4.79 Å². The van der Waals surface area contributed by atoms with Crippen LogP contribution >= 0.6 is 0 Å². The molecule has 64 valence electrons. The van der Waals surface area contributed by atoms with Gasteiger partial charge >= 0.3 is 5.97 Å². The first-order valence-corrected chi connectivity index (χ1v) is 4.11. The van der Waals surface area contributed by atoms with Gasteiger partial charge < -0.3 is 9.84 Å². The van der Waals surface area contributed by atoms with E-state index in [9.17, 15) is 9.90 Å². The van der Waals surface area contributed by atoms with Gasteiger partial charge in [-0.3, -0.25) is 0 Å². The lowest BCUT2D eigenvalue weighted by molar-refractivity contribution is -0.152. The third kappa shape index (κ3) is 0.758. The van der Waals surface area contributed by atoms with Crippen molar-refractivity contribution in [3.63, 3.8) is 0 Å². The normalized spacial score (nSPS) is 33.6. The Morgan fingerprint density at radius 1 is 1.54 bits per heavy atom. The zero-order chi connectivity index (χ0) is 9.00. The standard InChI is InChI=1S/C10H6O3/c11-9-7-2-1-5-3-6(4-5)8(7)10(12)13-9/h3,6,10,12H,4H2. The van der Waals surface area contributed by atoms with Crippen molar-refractivity contribution in [3.05, 3.63) is 22.8 Å². The maximum atomic E-state index is 11.2. The number of cyclic esters (lactones) is 1. The van der Waals surface area contributed by atoms with E-state index in [2.05, 4.69) is 16.6 Å². The van der Waals surface area contributed by atoms with Crippen LogP contribution in [0, 0.1) is 17.8 Å². The largest absolute Gasteiger partial charge is 0.428 e. The summed E-state index contributed by atoms with van der Waals surface area (Å²) in [5.74, 6) is 5.27. The summed E-state index contributed by atoms with van der Waals surface area (Å²) < 4.78 is 4.67. The van der Waals surface area contributed by atoms with E-state index in [0.29, 0.717) is 11.1 Å². The van der Waals surface area contributed by atoms with Crippen molar-refractivity contribution in [2.24, 2.45) is 5.92 Å². The van der Waals surface area contributed by atoms with Crippen LogP contribution in [0.2, 0.25) is 0 Å². The van der Waals surface area contributed by atoms with Crippen LogP contribution in [0.3, 0.4) is 0 Å². The first-order chi connectivity index (χ1) is 6.25. The lowest BCUT2D eigenvalue weighted by Crippen LogP contribution is -2.20. The van der Waals surface area contributed by atoms with Crippen LogP contribution in [0.25, 0.3) is 0 Å². The topological polar surface area (TPSA) is 46.5 Å². The van der Waals surface area contributed by atoms with E-state index in [1.807, 2.05) is 6.08 Å². The van der Waals surface area contributed by atoms with Crippen molar-refractivity contribution in [1.82, 2.24) is 0 Å². The van der Waals surface area contributed by atoms with Crippen LogP contribution in [-0.4, -0.2) is 17.4 Å². The fourth-order valence-electron chi connectivity index (χ4n) is 1.84. The van der Waals surface area contributed by atoms with E-state index in [0.717, 1.165) is 12.0 Å². The lowest BCUT2D eigenvalue weighted by atomic mass is 9.81. The molecule has 0 saturated heterocycles. The minimum atomic E-state index is -1.07. The van der Waals surface area contributed by atoms with E-state index >= 15 is 0 Å². The number of ether oxygens (including phenoxy) is 1. The average molecular weight is 174 g/mol. The molecule has 3 aliphatic carbocycles. The number of carbonyl (C=O) groups excluding carboxylic acids is 1. The van der Waals surface area contributed by atoms with Gasteiger partial charge in [-0.15, -0.1) is 0 Å². The van der Waals surface area contributed by atoms with Gasteiger partial charge in [0.2, 0.25) is 6.29 Å². The molecule has 3 heteroatoms. The molecule has 13 heavy (non-hydrogen) atoms. The van der Waals surface area contributed by atoms with Crippen molar-refractivity contribution < 1.29 is 14.6 Å². The molecule has 0 aromatic carbocycles. The molecule has 0 fully saturated rings. The summed E-state index contributed by atoms with van der Waals surface area (Å²) in [4.78, 5) is 11.2. The van der Waals surface area contributed by atoms with Gasteiger partial charge in [0.1, 0.15) is 5.57 Å². The molecule has 2 unspecified atom stereocenters. The SMILES string of the molecule is O=C1OC(O)C2=C1C#CC1=CC2C1. The molecule has 0 radical (unpaired) electrons. The zero-order valence-electron chi connectivity index (χ0n) is 6.70. The van der Waals surface area contributed by atoms with E-state index in [1.54, 1.807) is 0 Å². The second-order valence-corrected chi connectivity index (χ2v) is 3.34. The molecule has 1 heterocycles. The molecule has 1 aliphatic heterocycles. The Balaban J connectivity index is 2.18. The second-order valence-electron chi connectivity index (χ2n) is 3.34. The zero-order valence-corrected chi connectivity index (χ0v) is 6.70. The predicted octanol–water partition coefficient (Wildman–Crippen LogP) is 0.122. The molecule has 2 bridgehead atoms. The number of aliphatic hydroxyl groups is 1. The molecule has 0 saturated carbocycles. The summed E-state index contributed by atoms with van der Waals surface area (Å²) in [6, 6.07) is 0. The molecule has 0 aromatic rings. The third-order valence-corrected chi connectivity index (χ3v) is 2.57. The Labute approximate surface area is 74.7 Å². The molecular weight excluding hydrogens is 168 g/mol. The maximum absolute atomic E-state index is 11.2. The molecule has 4 rings (SSSR count). The van der Waals surface area contributed by atoms with Crippen molar-refractivity contribution in [3.8, 4) is 11.8 Å². The van der Waals surface area contributed by atoms with Gasteiger partial charge in [0.25, 0.3) is 0 Å². The number of allylic oxidation sites excluding steroid dienone is 2. The van der Waals surface area contributed by atoms with Crippen LogP contribution < -0.4 is 0 Å². The lowest BCUT2D eigenvalue weighted by Gasteiger charge is -2.23. The molecule has 3 nitrogen and oxygen atoms in total. The van der Waals surface area contributed by atoms with Gasteiger partial charge in [-0.2, -0.15) is 0 Å². The van der Waals surface area contributed by atoms with E-state index in [-0.39, 0.29) is 5.92 Å². The highest BCUT2D eigenvalue weighted by Gasteiger charge is 2.39. The Morgan fingerprint density at radius 3 is 3.08 bits per heavy atom. The van der Waals surface area contributed by atoms with Crippen molar-refractivity contribution >= 4 is 5.97 Å². The van der Waals surface area contributed by atoms with E-state index in [4.69, 9.17) is 0 Å². The Kier molecular flexibility index (Phi) is 1.09. The van der Waals surface area contributed by atoms with Gasteiger partial charge in [-0.1, -0.05) is 17.9 Å². The smallest absolute Gasteiger partial charge is 0.349 e. The molecule has 4 aliphatic rings. The third-order valence-electron chi connectivity index (χ3n) is 2.57. The molecule has 0 aromatic heterocycles. The predicted molar refractivity (Wildman–Crippen MR) is 43.1 cm³/mol. The van der Waals surface area contributed by atoms with Crippen molar-refractivity contribution in [1.29, 1.82) is 0 Å². The second kappa shape index (κ2) is 2.04. The van der Waals surface area contributed by atoms with Crippen molar-refractivity contribution in [2.75, 3.05) is 0 Å². The summed E-state index contributed by atoms with van der Waals surface area (Å²) in [5.41, 5.74) is 2.07. The number of carbonyl (C=O) groups is 1. The van der Waals surface area contributed by atoms with Crippen LogP contribution in [0.4, 0.5) is 0 Å². The first-order valence-electron chi connectivity index (χ1n) is 4.11. The van der Waals surface area contributed by atoms with Gasteiger partial charge in [-0.05, 0) is 12.0 Å². The number of hydrogen-bond acceptors (Lipinski definition) is 3. The number of hydrogen-bond donors (Lipinski definition) is 1. The number of esters is 1. The molecular formula is C10H6O3. The van der Waals surface area contributed by atoms with Gasteiger partial charge in [0, 0.05) is 11.5 Å². The number of rotatable bonds is 0. The quantitative estimate of drug-likeness (QED) is 0.419. The summed E-state index contributed by atoms with van der Waals surface area (Å²) in [6.07, 6.45) is 1.73. The van der Waals surface area contributed by atoms with Crippen LogP contribution in [0.1, 0.15) is 6.42 Å². The van der Waals surface area contributed by atoms with Crippen LogP contribution in [-0.2, 0) is 9.53 Å². The Bertz CT molecular complexity index is 431. The molecule has 0 amide bonds. The Hall–Kier alpha value is -1.53. The summed E-state index contributed by atoms with van der Waals surface area (Å²) in [7, 11) is 0. The first kappa shape index (κ1) is 6.93. The van der Waals surface area contributed by atoms with E-state index < -0.39 is 12.3 Å². The minimum Gasteiger partial charge on any atom is -0.428 e. The fourth-order valence-corrected chi connectivity index (χ4v) is 1.84. The highest BCUT2D eigenvalue weighted by Crippen LogP contribution is 2.40. The fraction of sp³-hybridized carbons (Fsp3) is 0.300. The highest BCUT2D eigenvalue weighted by molar-refractivity contribution is 5.97. The highest BCUT2D eigenvalue weighted by atomic mass is 16.6. The summed E-state index contributed by atoms with van der Waals surface area (Å²) >= 11 is 0. The van der Waals surface area contributed by atoms with Gasteiger partial charge in [0.05, 0.1) is 0 Å². The monoisotopic (exact) mass is 174 g/mol. The summed E-state index contributed by atoms with van der Waals surface area (Å²) in [6.45, 7) is 0. The maximum Gasteiger partial charge on any atom is 0.349 e. The molecule has 2 atom stereocenters. The van der Waals surface area contributed by atoms with Crippen molar-refractivity contribution in [2.45, 2.75) is 12.7 Å². The van der Waals surface area contributed by atoms with E-state index in [1.165, 1.54) is 0 Å². The molecule has 1 N–H and O–H groups in total. The van der Waals surface area contributed by atoms with Crippen LogP contribution in [0.5, 0.6) is 0 Å².